The van der Waals surface area contributed by atoms with Crippen molar-refractivity contribution in [2.24, 2.45) is 0 Å². The van der Waals surface area contributed by atoms with Crippen LogP contribution >= 0.6 is 0 Å². The third kappa shape index (κ3) is 3.42. The van der Waals surface area contributed by atoms with Gasteiger partial charge in [-0.25, -0.2) is 0 Å². The van der Waals surface area contributed by atoms with Gasteiger partial charge in [-0.3, -0.25) is 4.90 Å². The molecule has 3 heteroatoms. The summed E-state index contributed by atoms with van der Waals surface area (Å²) in [6, 6.07) is 6.02. The lowest BCUT2D eigenvalue weighted by molar-refractivity contribution is 0.264. The van der Waals surface area contributed by atoms with Crippen molar-refractivity contribution in [2.75, 3.05) is 13.7 Å². The lowest BCUT2D eigenvalue weighted by Gasteiger charge is -2.21. The van der Waals surface area contributed by atoms with Crippen molar-refractivity contribution < 1.29 is 9.84 Å². The SMILES string of the molecule is CCOc1cc(CN(C)C(C)C)ccc1O. The summed E-state index contributed by atoms with van der Waals surface area (Å²) in [4.78, 5) is 2.24. The van der Waals surface area contributed by atoms with Crippen LogP contribution in [0.3, 0.4) is 0 Å². The van der Waals surface area contributed by atoms with E-state index in [1.165, 1.54) is 0 Å². The number of phenolic OH excluding ortho intramolecular Hbond substituents is 1. The topological polar surface area (TPSA) is 32.7 Å². The third-order valence-corrected chi connectivity index (χ3v) is 2.64. The Morgan fingerprint density at radius 3 is 2.62 bits per heavy atom. The molecule has 0 aliphatic carbocycles. The molecule has 0 radical (unpaired) electrons. The first-order chi connectivity index (χ1) is 7.54. The second-order valence-corrected chi connectivity index (χ2v) is 4.24. The highest BCUT2D eigenvalue weighted by molar-refractivity contribution is 5.41. The van der Waals surface area contributed by atoms with Crippen LogP contribution in [0.15, 0.2) is 18.2 Å². The van der Waals surface area contributed by atoms with Gasteiger partial charge >= 0.3 is 0 Å². The number of phenols is 1. The Hall–Kier alpha value is -1.22. The van der Waals surface area contributed by atoms with Crippen LogP contribution in [0.25, 0.3) is 0 Å². The zero-order valence-electron chi connectivity index (χ0n) is 10.5. The van der Waals surface area contributed by atoms with Crippen LogP contribution < -0.4 is 4.74 Å². The summed E-state index contributed by atoms with van der Waals surface area (Å²) in [5.41, 5.74) is 1.15. The third-order valence-electron chi connectivity index (χ3n) is 2.64. The van der Waals surface area contributed by atoms with Crippen molar-refractivity contribution in [3.05, 3.63) is 23.8 Å². The van der Waals surface area contributed by atoms with Gasteiger partial charge in [0.25, 0.3) is 0 Å². The Morgan fingerprint density at radius 1 is 1.38 bits per heavy atom. The molecule has 1 rings (SSSR count). The number of nitrogens with zero attached hydrogens (tertiary/aromatic N) is 1. The van der Waals surface area contributed by atoms with E-state index < -0.39 is 0 Å². The molecule has 90 valence electrons. The molecule has 0 heterocycles. The van der Waals surface area contributed by atoms with Crippen LogP contribution in [0.1, 0.15) is 26.3 Å². The van der Waals surface area contributed by atoms with Gasteiger partial charge in [0.05, 0.1) is 6.61 Å². The van der Waals surface area contributed by atoms with Crippen LogP contribution in [-0.2, 0) is 6.54 Å². The molecule has 0 aliphatic rings. The van der Waals surface area contributed by atoms with Gasteiger partial charge in [-0.1, -0.05) is 6.07 Å². The van der Waals surface area contributed by atoms with Gasteiger partial charge in [0, 0.05) is 12.6 Å². The van der Waals surface area contributed by atoms with E-state index in [1.807, 2.05) is 19.1 Å². The van der Waals surface area contributed by atoms with E-state index in [9.17, 15) is 5.11 Å². The van der Waals surface area contributed by atoms with Crippen molar-refractivity contribution >= 4 is 0 Å². The molecule has 0 atom stereocenters. The molecule has 1 N–H and O–H groups in total. The predicted octanol–water partition coefficient (Wildman–Crippen LogP) is 2.63. The average molecular weight is 223 g/mol. The van der Waals surface area contributed by atoms with Crippen LogP contribution in [0.4, 0.5) is 0 Å². The number of hydrogen-bond donors (Lipinski definition) is 1. The summed E-state index contributed by atoms with van der Waals surface area (Å²) in [5.74, 6) is 0.773. The van der Waals surface area contributed by atoms with Gasteiger partial charge in [0.1, 0.15) is 0 Å². The van der Waals surface area contributed by atoms with Gasteiger partial charge in [-0.05, 0) is 45.5 Å². The first-order valence-electron chi connectivity index (χ1n) is 5.69. The number of hydrogen-bond acceptors (Lipinski definition) is 3. The molecule has 0 unspecified atom stereocenters. The van der Waals surface area contributed by atoms with E-state index in [-0.39, 0.29) is 5.75 Å². The van der Waals surface area contributed by atoms with Crippen molar-refractivity contribution in [3.8, 4) is 11.5 Å². The van der Waals surface area contributed by atoms with Crippen LogP contribution in [0, 0.1) is 0 Å². The van der Waals surface area contributed by atoms with Gasteiger partial charge in [0.2, 0.25) is 0 Å². The smallest absolute Gasteiger partial charge is 0.161 e. The van der Waals surface area contributed by atoms with E-state index >= 15 is 0 Å². The summed E-state index contributed by atoms with van der Waals surface area (Å²) >= 11 is 0. The van der Waals surface area contributed by atoms with E-state index in [1.54, 1.807) is 6.07 Å². The number of aromatic hydroxyl groups is 1. The highest BCUT2D eigenvalue weighted by atomic mass is 16.5. The van der Waals surface area contributed by atoms with Crippen molar-refractivity contribution in [1.82, 2.24) is 4.90 Å². The quantitative estimate of drug-likeness (QED) is 0.833. The van der Waals surface area contributed by atoms with Crippen molar-refractivity contribution in [3.63, 3.8) is 0 Å². The summed E-state index contributed by atoms with van der Waals surface area (Å²) in [6.07, 6.45) is 0. The standard InChI is InChI=1S/C13H21NO2/c1-5-16-13-8-11(6-7-12(13)15)9-14(4)10(2)3/h6-8,10,15H,5,9H2,1-4H3. The molecule has 1 aromatic rings. The van der Waals surface area contributed by atoms with Gasteiger partial charge < -0.3 is 9.84 Å². The minimum absolute atomic E-state index is 0.206. The highest BCUT2D eigenvalue weighted by Crippen LogP contribution is 2.27. The average Bonchev–Trinajstić information content (AvgIpc) is 2.23. The monoisotopic (exact) mass is 223 g/mol. The summed E-state index contributed by atoms with van der Waals surface area (Å²) < 4.78 is 5.35. The predicted molar refractivity (Wildman–Crippen MR) is 65.9 cm³/mol. The second kappa shape index (κ2) is 5.75. The molecule has 3 nitrogen and oxygen atoms in total. The molecule has 1 aromatic carbocycles. The molecule has 0 fully saturated rings. The molecular formula is C13H21NO2. The Bertz CT molecular complexity index is 337. The Morgan fingerprint density at radius 2 is 2.06 bits per heavy atom. The van der Waals surface area contributed by atoms with Crippen LogP contribution in [0.5, 0.6) is 11.5 Å². The largest absolute Gasteiger partial charge is 0.504 e. The lowest BCUT2D eigenvalue weighted by atomic mass is 10.1. The lowest BCUT2D eigenvalue weighted by Crippen LogP contribution is -2.25. The first-order valence-corrected chi connectivity index (χ1v) is 5.69. The number of ether oxygens (including phenoxy) is 1. The molecule has 0 amide bonds. The fourth-order valence-electron chi connectivity index (χ4n) is 1.40. The van der Waals surface area contributed by atoms with E-state index in [0.29, 0.717) is 18.4 Å². The second-order valence-electron chi connectivity index (χ2n) is 4.24. The van der Waals surface area contributed by atoms with Gasteiger partial charge in [0.15, 0.2) is 11.5 Å². The maximum Gasteiger partial charge on any atom is 0.161 e. The minimum Gasteiger partial charge on any atom is -0.504 e. The maximum absolute atomic E-state index is 9.57. The molecule has 0 saturated heterocycles. The molecule has 0 bridgehead atoms. The Balaban J connectivity index is 2.78. The van der Waals surface area contributed by atoms with Gasteiger partial charge in [-0.15, -0.1) is 0 Å². The maximum atomic E-state index is 9.57. The normalized spacial score (nSPS) is 11.1. The van der Waals surface area contributed by atoms with Crippen LogP contribution in [-0.4, -0.2) is 29.7 Å². The summed E-state index contributed by atoms with van der Waals surface area (Å²) in [6.45, 7) is 7.65. The first kappa shape index (κ1) is 12.8. The fourth-order valence-corrected chi connectivity index (χ4v) is 1.40. The van der Waals surface area contributed by atoms with E-state index in [4.69, 9.17) is 4.74 Å². The summed E-state index contributed by atoms with van der Waals surface area (Å²) in [5, 5.41) is 9.57. The zero-order chi connectivity index (χ0) is 12.1. The minimum atomic E-state index is 0.206. The molecule has 0 aliphatic heterocycles. The molecular weight excluding hydrogens is 202 g/mol. The zero-order valence-corrected chi connectivity index (χ0v) is 10.5. The Labute approximate surface area is 97.7 Å². The number of rotatable bonds is 5. The molecule has 16 heavy (non-hydrogen) atoms. The molecule has 0 spiro atoms. The van der Waals surface area contributed by atoms with Crippen molar-refractivity contribution in [2.45, 2.75) is 33.4 Å². The molecule has 0 aromatic heterocycles. The van der Waals surface area contributed by atoms with Gasteiger partial charge in [-0.2, -0.15) is 0 Å². The highest BCUT2D eigenvalue weighted by Gasteiger charge is 2.07. The number of benzene rings is 1. The fraction of sp³-hybridized carbons (Fsp3) is 0.538. The Kier molecular flexibility index (Phi) is 4.62. The summed E-state index contributed by atoms with van der Waals surface area (Å²) in [7, 11) is 2.08. The van der Waals surface area contributed by atoms with Crippen LogP contribution in [0.2, 0.25) is 0 Å². The van der Waals surface area contributed by atoms with E-state index in [0.717, 1.165) is 12.1 Å². The molecule has 0 saturated carbocycles. The van der Waals surface area contributed by atoms with Crippen molar-refractivity contribution in [1.29, 1.82) is 0 Å². The van der Waals surface area contributed by atoms with E-state index in [2.05, 4.69) is 25.8 Å².